The fourth-order valence-electron chi connectivity index (χ4n) is 3.06. The first-order valence-corrected chi connectivity index (χ1v) is 7.74. The molecule has 3 nitrogen and oxygen atoms in total. The summed E-state index contributed by atoms with van der Waals surface area (Å²) in [6, 6.07) is 11.3. The Bertz CT molecular complexity index is 512. The molecule has 106 valence electrons. The highest BCUT2D eigenvalue weighted by Crippen LogP contribution is 2.31. The summed E-state index contributed by atoms with van der Waals surface area (Å²) in [5.74, 6) is 1.05. The fourth-order valence-corrected chi connectivity index (χ4v) is 3.06. The van der Waals surface area contributed by atoms with Crippen LogP contribution in [0, 0.1) is 0 Å². The number of aromatic nitrogens is 2. The minimum absolute atomic E-state index is 0.661. The predicted octanol–water partition coefficient (Wildman–Crippen LogP) is 4.04. The molecule has 3 heteroatoms. The van der Waals surface area contributed by atoms with Crippen molar-refractivity contribution >= 4 is 5.95 Å². The molecule has 1 saturated carbocycles. The second-order valence-corrected chi connectivity index (χ2v) is 5.61. The molecule has 0 aliphatic heterocycles. The largest absolute Gasteiger partial charge is 0.356 e. The van der Waals surface area contributed by atoms with Crippen LogP contribution in [-0.4, -0.2) is 16.1 Å². The van der Waals surface area contributed by atoms with Crippen LogP contribution in [0.5, 0.6) is 0 Å². The fraction of sp³-hybridized carbons (Fsp3) is 0.471. The van der Waals surface area contributed by atoms with E-state index in [4.69, 9.17) is 0 Å². The first-order valence-electron chi connectivity index (χ1n) is 7.74. The topological polar surface area (TPSA) is 29.9 Å². The van der Waals surface area contributed by atoms with Crippen molar-refractivity contribution in [3.63, 3.8) is 0 Å². The average molecular weight is 269 g/mol. The Kier molecular flexibility index (Phi) is 4.36. The van der Waals surface area contributed by atoms with Crippen LogP contribution in [-0.2, 0) is 6.42 Å². The summed E-state index contributed by atoms with van der Waals surface area (Å²) in [4.78, 5) is 4.46. The van der Waals surface area contributed by atoms with Gasteiger partial charge in [0.25, 0.3) is 0 Å². The van der Waals surface area contributed by atoms with E-state index in [1.807, 2.05) is 6.20 Å². The SMILES string of the molecule is c1ccc(CCCNc2nccn2C2CCCC2)cc1. The highest BCUT2D eigenvalue weighted by atomic mass is 15.2. The van der Waals surface area contributed by atoms with Crippen molar-refractivity contribution in [2.75, 3.05) is 11.9 Å². The van der Waals surface area contributed by atoms with E-state index in [1.54, 1.807) is 0 Å². The summed E-state index contributed by atoms with van der Waals surface area (Å²) in [5.41, 5.74) is 1.41. The third kappa shape index (κ3) is 3.21. The minimum Gasteiger partial charge on any atom is -0.356 e. The number of benzene rings is 1. The Hall–Kier alpha value is -1.77. The van der Waals surface area contributed by atoms with Crippen LogP contribution in [0.25, 0.3) is 0 Å². The number of nitrogens with zero attached hydrogens (tertiary/aromatic N) is 2. The quantitative estimate of drug-likeness (QED) is 0.802. The van der Waals surface area contributed by atoms with Crippen molar-refractivity contribution in [3.8, 4) is 0 Å². The van der Waals surface area contributed by atoms with E-state index in [9.17, 15) is 0 Å². The van der Waals surface area contributed by atoms with E-state index in [1.165, 1.54) is 31.2 Å². The highest BCUT2D eigenvalue weighted by molar-refractivity contribution is 5.27. The zero-order valence-electron chi connectivity index (χ0n) is 12.0. The Morgan fingerprint density at radius 2 is 1.95 bits per heavy atom. The second-order valence-electron chi connectivity index (χ2n) is 5.61. The van der Waals surface area contributed by atoms with Crippen LogP contribution in [0.1, 0.15) is 43.7 Å². The van der Waals surface area contributed by atoms with Gasteiger partial charge < -0.3 is 9.88 Å². The molecule has 1 aliphatic rings. The molecule has 1 N–H and O–H groups in total. The molecular formula is C17H23N3. The summed E-state index contributed by atoms with van der Waals surface area (Å²) in [7, 11) is 0. The van der Waals surface area contributed by atoms with E-state index in [-0.39, 0.29) is 0 Å². The average Bonchev–Trinajstić information content (AvgIpc) is 3.15. The Morgan fingerprint density at radius 3 is 2.75 bits per heavy atom. The zero-order chi connectivity index (χ0) is 13.6. The zero-order valence-corrected chi connectivity index (χ0v) is 12.0. The van der Waals surface area contributed by atoms with Crippen LogP contribution in [0.3, 0.4) is 0 Å². The number of hydrogen-bond acceptors (Lipinski definition) is 2. The number of nitrogens with one attached hydrogen (secondary N) is 1. The van der Waals surface area contributed by atoms with E-state index in [0.717, 1.165) is 25.3 Å². The summed E-state index contributed by atoms with van der Waals surface area (Å²) in [6.45, 7) is 0.985. The molecule has 1 fully saturated rings. The third-order valence-electron chi connectivity index (χ3n) is 4.15. The smallest absolute Gasteiger partial charge is 0.203 e. The van der Waals surface area contributed by atoms with Gasteiger partial charge in [-0.05, 0) is 31.2 Å². The minimum atomic E-state index is 0.661. The van der Waals surface area contributed by atoms with Gasteiger partial charge in [-0.3, -0.25) is 0 Å². The molecule has 0 radical (unpaired) electrons. The lowest BCUT2D eigenvalue weighted by Gasteiger charge is -2.15. The van der Waals surface area contributed by atoms with E-state index < -0.39 is 0 Å². The summed E-state index contributed by atoms with van der Waals surface area (Å²) in [5, 5.41) is 3.49. The molecule has 0 bridgehead atoms. The number of imidazole rings is 1. The Balaban J connectivity index is 1.48. The number of hydrogen-bond donors (Lipinski definition) is 1. The number of rotatable bonds is 6. The van der Waals surface area contributed by atoms with Crippen LogP contribution in [0.4, 0.5) is 5.95 Å². The maximum atomic E-state index is 4.46. The Morgan fingerprint density at radius 1 is 1.15 bits per heavy atom. The van der Waals surface area contributed by atoms with Crippen molar-refractivity contribution in [2.24, 2.45) is 0 Å². The molecule has 3 rings (SSSR count). The molecule has 0 atom stereocenters. The van der Waals surface area contributed by atoms with Crippen molar-refractivity contribution in [1.82, 2.24) is 9.55 Å². The summed E-state index contributed by atoms with van der Waals surface area (Å²) < 4.78 is 2.33. The molecule has 1 aliphatic carbocycles. The van der Waals surface area contributed by atoms with Gasteiger partial charge in [0.15, 0.2) is 0 Å². The normalized spacial score (nSPS) is 15.6. The molecule has 2 aromatic rings. The lowest BCUT2D eigenvalue weighted by atomic mass is 10.1. The summed E-state index contributed by atoms with van der Waals surface area (Å²) in [6.07, 6.45) is 11.6. The standard InChI is InChI=1S/C17H23N3/c1-2-7-15(8-3-1)9-6-12-18-17-19-13-14-20(17)16-10-4-5-11-16/h1-3,7-8,13-14,16H,4-6,9-12H2,(H,18,19). The van der Waals surface area contributed by atoms with Gasteiger partial charge in [-0.1, -0.05) is 43.2 Å². The van der Waals surface area contributed by atoms with Gasteiger partial charge >= 0.3 is 0 Å². The van der Waals surface area contributed by atoms with Gasteiger partial charge in [0.05, 0.1) is 0 Å². The van der Waals surface area contributed by atoms with Crippen molar-refractivity contribution in [1.29, 1.82) is 0 Å². The van der Waals surface area contributed by atoms with E-state index in [2.05, 4.69) is 51.4 Å². The van der Waals surface area contributed by atoms with Gasteiger partial charge in [0.1, 0.15) is 0 Å². The van der Waals surface area contributed by atoms with Crippen LogP contribution in [0.15, 0.2) is 42.7 Å². The van der Waals surface area contributed by atoms with Crippen LogP contribution >= 0.6 is 0 Å². The van der Waals surface area contributed by atoms with Gasteiger partial charge in [0.2, 0.25) is 5.95 Å². The highest BCUT2D eigenvalue weighted by Gasteiger charge is 2.18. The van der Waals surface area contributed by atoms with Gasteiger partial charge in [0, 0.05) is 25.0 Å². The number of anilines is 1. The molecule has 0 amide bonds. The van der Waals surface area contributed by atoms with Crippen LogP contribution < -0.4 is 5.32 Å². The lowest BCUT2D eigenvalue weighted by molar-refractivity contribution is 0.522. The van der Waals surface area contributed by atoms with Gasteiger partial charge in [-0.15, -0.1) is 0 Å². The third-order valence-corrected chi connectivity index (χ3v) is 4.15. The van der Waals surface area contributed by atoms with Crippen molar-refractivity contribution in [3.05, 3.63) is 48.3 Å². The summed E-state index contributed by atoms with van der Waals surface area (Å²) >= 11 is 0. The molecule has 1 aromatic heterocycles. The van der Waals surface area contributed by atoms with Crippen LogP contribution in [0.2, 0.25) is 0 Å². The maximum absolute atomic E-state index is 4.46. The van der Waals surface area contributed by atoms with Crippen molar-refractivity contribution < 1.29 is 0 Å². The first kappa shape index (κ1) is 13.2. The molecule has 0 spiro atoms. The molecule has 20 heavy (non-hydrogen) atoms. The van der Waals surface area contributed by atoms with E-state index in [0.29, 0.717) is 6.04 Å². The number of aryl methyl sites for hydroxylation is 1. The molecule has 0 saturated heterocycles. The second kappa shape index (κ2) is 6.60. The van der Waals surface area contributed by atoms with E-state index >= 15 is 0 Å². The predicted molar refractivity (Wildman–Crippen MR) is 83.0 cm³/mol. The molecular weight excluding hydrogens is 246 g/mol. The Labute approximate surface area is 121 Å². The van der Waals surface area contributed by atoms with Crippen molar-refractivity contribution in [2.45, 2.75) is 44.6 Å². The molecule has 1 aromatic carbocycles. The van der Waals surface area contributed by atoms with Gasteiger partial charge in [-0.2, -0.15) is 0 Å². The molecule has 1 heterocycles. The first-order chi connectivity index (χ1) is 9.93. The lowest BCUT2D eigenvalue weighted by Crippen LogP contribution is -2.12. The van der Waals surface area contributed by atoms with Gasteiger partial charge in [-0.25, -0.2) is 4.98 Å². The monoisotopic (exact) mass is 269 g/mol. The molecule has 0 unspecified atom stereocenters. The maximum Gasteiger partial charge on any atom is 0.203 e.